The van der Waals surface area contributed by atoms with Crippen LogP contribution in [0.1, 0.15) is 10.4 Å². The molecule has 0 saturated carbocycles. The van der Waals surface area contributed by atoms with Crippen LogP contribution in [0.15, 0.2) is 83.3 Å². The van der Waals surface area contributed by atoms with Crippen LogP contribution in [-0.4, -0.2) is 17.6 Å². The largest absolute Gasteiger partial charge is 0.465 e. The summed E-state index contributed by atoms with van der Waals surface area (Å²) >= 11 is 0. The molecule has 2 heterocycles. The van der Waals surface area contributed by atoms with Gasteiger partial charge in [-0.2, -0.15) is 10.2 Å². The monoisotopic (exact) mass is 345 g/mol. The number of hydrogen-bond donors (Lipinski definition) is 0. The zero-order valence-corrected chi connectivity index (χ0v) is 14.0. The van der Waals surface area contributed by atoms with E-state index in [4.69, 9.17) is 4.74 Å². The molecule has 7 nitrogen and oxygen atoms in total. The molecule has 7 heteroatoms. The molecule has 0 amide bonds. The van der Waals surface area contributed by atoms with Gasteiger partial charge < -0.3 is 4.74 Å². The molecule has 2 aromatic heterocycles. The third-order valence-electron chi connectivity index (χ3n) is 3.89. The Morgan fingerprint density at radius 3 is 2.54 bits per heavy atom. The Morgan fingerprint density at radius 2 is 1.81 bits per heavy atom. The Bertz CT molecular complexity index is 1080. The van der Waals surface area contributed by atoms with E-state index in [1.54, 1.807) is 21.3 Å². The second kappa shape index (κ2) is 6.64. The minimum Gasteiger partial charge on any atom is -0.465 e. The van der Waals surface area contributed by atoms with Crippen molar-refractivity contribution in [1.82, 2.24) is 9.61 Å². The second-order valence-corrected chi connectivity index (χ2v) is 5.56. The van der Waals surface area contributed by atoms with Crippen molar-refractivity contribution in [2.45, 2.75) is 0 Å². The van der Waals surface area contributed by atoms with Gasteiger partial charge in [-0.1, -0.05) is 30.3 Å². The fourth-order valence-electron chi connectivity index (χ4n) is 2.56. The maximum absolute atomic E-state index is 11.5. The number of azo groups is 1. The van der Waals surface area contributed by atoms with Crippen LogP contribution in [0.3, 0.4) is 0 Å². The molecule has 0 radical (unpaired) electrons. The smallest absolute Gasteiger partial charge is 0.337 e. The lowest BCUT2D eigenvalue weighted by atomic mass is 10.1. The van der Waals surface area contributed by atoms with E-state index in [2.05, 4.69) is 15.3 Å². The number of rotatable bonds is 4. The van der Waals surface area contributed by atoms with E-state index in [1.165, 1.54) is 7.11 Å². The van der Waals surface area contributed by atoms with Crippen molar-refractivity contribution in [3.05, 3.63) is 78.6 Å². The standard InChI is InChI=1S/C19H15N5O2/c1-26-19(25)15-9-7-14(8-10-15)17-13-23-18(11-12-24(23)22-17)21-20-16-5-3-2-4-6-16/h2-13H,1H3. The van der Waals surface area contributed by atoms with Gasteiger partial charge >= 0.3 is 5.97 Å². The number of methoxy groups -OCH3 is 1. The predicted octanol–water partition coefficient (Wildman–Crippen LogP) is 3.35. The van der Waals surface area contributed by atoms with Gasteiger partial charge in [0.1, 0.15) is 5.82 Å². The Kier molecular flexibility index (Phi) is 4.03. The van der Waals surface area contributed by atoms with Gasteiger partial charge in [0.2, 0.25) is 0 Å². The van der Waals surface area contributed by atoms with E-state index >= 15 is 0 Å². The molecule has 26 heavy (non-hydrogen) atoms. The zero-order chi connectivity index (χ0) is 17.9. The summed E-state index contributed by atoms with van der Waals surface area (Å²) in [6, 6.07) is 18.5. The highest BCUT2D eigenvalue weighted by Gasteiger charge is 2.08. The summed E-state index contributed by atoms with van der Waals surface area (Å²) < 4.78 is 8.20. The first-order chi connectivity index (χ1) is 12.7. The molecule has 4 aromatic rings. The van der Waals surface area contributed by atoms with Crippen LogP contribution in [0, 0.1) is 0 Å². The number of aromatic nitrogens is 3. The first-order valence-corrected chi connectivity index (χ1v) is 7.97. The molecular formula is C19H15N5O2. The summed E-state index contributed by atoms with van der Waals surface area (Å²) in [5, 5.41) is 13.0. The van der Waals surface area contributed by atoms with E-state index in [0.717, 1.165) is 16.9 Å². The minimum absolute atomic E-state index is 0.363. The SMILES string of the molecule is COC(=O)c1ccc(-c2cn3c(N=Nc4ccccc4)cc[n+]3[n-]2)cc1. The number of carbonyl (C=O) groups excluding carboxylic acids is 1. The number of esters is 1. The van der Waals surface area contributed by atoms with Gasteiger partial charge in [0.05, 0.1) is 18.4 Å². The van der Waals surface area contributed by atoms with Gasteiger partial charge in [0.15, 0.2) is 6.20 Å². The Hall–Kier alpha value is -3.74. The maximum Gasteiger partial charge on any atom is 0.337 e. The Balaban J connectivity index is 1.63. The summed E-state index contributed by atoms with van der Waals surface area (Å²) in [5.74, 6) is 0.303. The summed E-state index contributed by atoms with van der Waals surface area (Å²) in [6.45, 7) is 0. The highest BCUT2D eigenvalue weighted by atomic mass is 16.5. The summed E-state index contributed by atoms with van der Waals surface area (Å²) in [5.41, 5.74) is 2.93. The molecule has 0 aliphatic rings. The average molecular weight is 345 g/mol. The Labute approximate surface area is 149 Å². The van der Waals surface area contributed by atoms with Gasteiger partial charge in [0.25, 0.3) is 0 Å². The number of hydrogen-bond acceptors (Lipinski definition) is 4. The lowest BCUT2D eigenvalue weighted by Crippen LogP contribution is -2.28. The van der Waals surface area contributed by atoms with Crippen molar-refractivity contribution in [3.8, 4) is 11.3 Å². The molecule has 2 aromatic carbocycles. The van der Waals surface area contributed by atoms with Crippen LogP contribution >= 0.6 is 0 Å². The van der Waals surface area contributed by atoms with E-state index in [9.17, 15) is 4.79 Å². The minimum atomic E-state index is -0.363. The van der Waals surface area contributed by atoms with Crippen molar-refractivity contribution < 1.29 is 14.2 Å². The van der Waals surface area contributed by atoms with Crippen molar-refractivity contribution >= 4 is 17.5 Å². The summed E-state index contributed by atoms with van der Waals surface area (Å²) in [7, 11) is 1.36. The highest BCUT2D eigenvalue weighted by Crippen LogP contribution is 2.20. The fourth-order valence-corrected chi connectivity index (χ4v) is 2.56. The van der Waals surface area contributed by atoms with Gasteiger partial charge in [-0.3, -0.25) is 0 Å². The van der Waals surface area contributed by atoms with Crippen LogP contribution in [0.4, 0.5) is 11.5 Å². The van der Waals surface area contributed by atoms with Gasteiger partial charge in [-0.25, -0.2) is 9.31 Å². The molecule has 0 fully saturated rings. The molecule has 0 unspecified atom stereocenters. The third-order valence-corrected chi connectivity index (χ3v) is 3.89. The van der Waals surface area contributed by atoms with Crippen LogP contribution in [-0.2, 0) is 4.74 Å². The first kappa shape index (κ1) is 15.8. The van der Waals surface area contributed by atoms with Gasteiger partial charge in [0, 0.05) is 11.8 Å². The lowest BCUT2D eigenvalue weighted by Gasteiger charge is -2.01. The Morgan fingerprint density at radius 1 is 1.04 bits per heavy atom. The molecule has 0 spiro atoms. The number of ether oxygens (including phenoxy) is 1. The topological polar surface area (TPSA) is 73.6 Å². The number of carbonyl (C=O) groups is 1. The van der Waals surface area contributed by atoms with Crippen molar-refractivity contribution in [3.63, 3.8) is 0 Å². The van der Waals surface area contributed by atoms with Crippen molar-refractivity contribution in [2.24, 2.45) is 10.2 Å². The summed E-state index contributed by atoms with van der Waals surface area (Å²) in [6.07, 6.45) is 3.68. The van der Waals surface area contributed by atoms with Crippen LogP contribution in [0.25, 0.3) is 11.3 Å². The van der Waals surface area contributed by atoms with Crippen molar-refractivity contribution in [2.75, 3.05) is 7.11 Å². The van der Waals surface area contributed by atoms with Gasteiger partial charge in [-0.05, 0) is 36.0 Å². The van der Waals surface area contributed by atoms with Crippen molar-refractivity contribution in [1.29, 1.82) is 0 Å². The van der Waals surface area contributed by atoms with Crippen LogP contribution in [0.5, 0.6) is 0 Å². The first-order valence-electron chi connectivity index (χ1n) is 7.97. The number of fused-ring (bicyclic) bond motifs is 1. The number of nitrogens with zero attached hydrogens (tertiary/aromatic N) is 5. The molecule has 0 aliphatic carbocycles. The highest BCUT2D eigenvalue weighted by molar-refractivity contribution is 5.89. The molecule has 128 valence electrons. The molecule has 0 N–H and O–H groups in total. The third kappa shape index (κ3) is 2.98. The molecule has 0 aliphatic heterocycles. The van der Waals surface area contributed by atoms with E-state index in [-0.39, 0.29) is 5.97 Å². The average Bonchev–Trinajstić information content (AvgIpc) is 3.28. The second-order valence-electron chi connectivity index (χ2n) is 5.56. The van der Waals surface area contributed by atoms with Crippen LogP contribution < -0.4 is 9.73 Å². The lowest BCUT2D eigenvalue weighted by molar-refractivity contribution is -0.675. The summed E-state index contributed by atoms with van der Waals surface area (Å²) in [4.78, 5) is 11.5. The van der Waals surface area contributed by atoms with Crippen LogP contribution in [0.2, 0.25) is 0 Å². The van der Waals surface area contributed by atoms with E-state index in [0.29, 0.717) is 11.4 Å². The van der Waals surface area contributed by atoms with E-state index < -0.39 is 0 Å². The molecule has 0 atom stereocenters. The normalized spacial score (nSPS) is 11.3. The van der Waals surface area contributed by atoms with Gasteiger partial charge in [-0.15, -0.1) is 9.74 Å². The van der Waals surface area contributed by atoms with E-state index in [1.807, 2.05) is 60.9 Å². The zero-order valence-electron chi connectivity index (χ0n) is 14.0. The number of benzene rings is 2. The quantitative estimate of drug-likeness (QED) is 0.323. The molecule has 4 rings (SSSR count). The maximum atomic E-state index is 11.5. The molecular weight excluding hydrogens is 330 g/mol. The fraction of sp³-hybridized carbons (Fsp3) is 0.0526. The molecule has 0 bridgehead atoms. The predicted molar refractivity (Wildman–Crippen MR) is 93.8 cm³/mol. The molecule has 0 saturated heterocycles.